The third-order valence-electron chi connectivity index (χ3n) is 2.85. The van der Waals surface area contributed by atoms with Crippen LogP contribution in [0.3, 0.4) is 0 Å². The fourth-order valence-electron chi connectivity index (χ4n) is 1.82. The maximum absolute atomic E-state index is 5.61. The Bertz CT molecular complexity index is 192. The fourth-order valence-corrected chi connectivity index (χ4v) is 1.82. The highest BCUT2D eigenvalue weighted by Crippen LogP contribution is 2.05. The first-order valence-corrected chi connectivity index (χ1v) is 6.84. The molecule has 1 N–H and O–H groups in total. The second kappa shape index (κ2) is 9.49. The van der Waals surface area contributed by atoms with Gasteiger partial charge in [-0.15, -0.1) is 0 Å². The topological polar surface area (TPSA) is 33.6 Å². The van der Waals surface area contributed by atoms with Gasteiger partial charge in [0, 0.05) is 13.1 Å². The Labute approximate surface area is 99.7 Å². The first-order valence-electron chi connectivity index (χ1n) is 6.84. The normalized spacial score (nSPS) is 16.2. The van der Waals surface area contributed by atoms with Crippen LogP contribution in [0.5, 0.6) is 0 Å². The number of rotatable bonds is 7. The standard InChI is InChI=1S/C13H26N2O/c1-2-3-4-5-6-9-12-16-13-14-10-7-8-11-15-13/h2-12H2,1H3,(H,14,15). The van der Waals surface area contributed by atoms with Crippen LogP contribution in [-0.4, -0.2) is 25.7 Å². The number of nitrogens with one attached hydrogen (secondary N) is 1. The van der Waals surface area contributed by atoms with Crippen molar-refractivity contribution in [3.05, 3.63) is 0 Å². The minimum atomic E-state index is 0.769. The second-order valence-corrected chi connectivity index (χ2v) is 4.44. The maximum Gasteiger partial charge on any atom is 0.284 e. The molecule has 1 heterocycles. The summed E-state index contributed by atoms with van der Waals surface area (Å²) in [6.07, 6.45) is 10.2. The van der Waals surface area contributed by atoms with E-state index < -0.39 is 0 Å². The van der Waals surface area contributed by atoms with E-state index in [1.165, 1.54) is 44.9 Å². The Hall–Kier alpha value is -0.730. The summed E-state index contributed by atoms with van der Waals surface area (Å²) >= 11 is 0. The third kappa shape index (κ3) is 6.70. The molecule has 0 aromatic heterocycles. The van der Waals surface area contributed by atoms with Gasteiger partial charge in [0.2, 0.25) is 0 Å². The molecule has 0 aliphatic carbocycles. The van der Waals surface area contributed by atoms with Crippen molar-refractivity contribution < 1.29 is 4.74 Å². The highest BCUT2D eigenvalue weighted by Gasteiger charge is 2.02. The van der Waals surface area contributed by atoms with Gasteiger partial charge in [0.25, 0.3) is 6.02 Å². The SMILES string of the molecule is CCCCCCCCOC1=NCCCCN1. The summed E-state index contributed by atoms with van der Waals surface area (Å²) in [5, 5.41) is 3.22. The molecular weight excluding hydrogens is 200 g/mol. The highest BCUT2D eigenvalue weighted by molar-refractivity contribution is 5.73. The van der Waals surface area contributed by atoms with E-state index in [1.807, 2.05) is 0 Å². The lowest BCUT2D eigenvalue weighted by molar-refractivity contribution is 0.278. The van der Waals surface area contributed by atoms with Crippen molar-refractivity contribution in [1.82, 2.24) is 5.32 Å². The zero-order valence-electron chi connectivity index (χ0n) is 10.6. The summed E-state index contributed by atoms with van der Waals surface area (Å²) in [4.78, 5) is 4.35. The molecule has 1 aliphatic rings. The number of amidine groups is 1. The van der Waals surface area contributed by atoms with E-state index in [2.05, 4.69) is 17.2 Å². The molecule has 0 atom stereocenters. The van der Waals surface area contributed by atoms with Gasteiger partial charge in [0.1, 0.15) is 0 Å². The average molecular weight is 226 g/mol. The Morgan fingerprint density at radius 3 is 2.81 bits per heavy atom. The zero-order chi connectivity index (χ0) is 11.5. The van der Waals surface area contributed by atoms with Gasteiger partial charge in [-0.05, 0) is 19.3 Å². The van der Waals surface area contributed by atoms with Gasteiger partial charge < -0.3 is 10.1 Å². The summed E-state index contributed by atoms with van der Waals surface area (Å²) < 4.78 is 5.61. The third-order valence-corrected chi connectivity index (χ3v) is 2.85. The first-order chi connectivity index (χ1) is 7.93. The molecule has 0 saturated heterocycles. The second-order valence-electron chi connectivity index (χ2n) is 4.44. The summed E-state index contributed by atoms with van der Waals surface area (Å²) in [5.41, 5.74) is 0. The lowest BCUT2D eigenvalue weighted by atomic mass is 10.1. The molecule has 0 amide bonds. The number of aliphatic imine (C=N–C) groups is 1. The molecule has 1 rings (SSSR count). The van der Waals surface area contributed by atoms with E-state index in [0.717, 1.165) is 32.1 Å². The minimum absolute atomic E-state index is 0.769. The predicted octanol–water partition coefficient (Wildman–Crippen LogP) is 3.10. The molecule has 0 radical (unpaired) electrons. The van der Waals surface area contributed by atoms with Gasteiger partial charge in [-0.25, -0.2) is 4.99 Å². The van der Waals surface area contributed by atoms with Crippen LogP contribution in [-0.2, 0) is 4.74 Å². The maximum atomic E-state index is 5.61. The Morgan fingerprint density at radius 2 is 1.94 bits per heavy atom. The molecule has 16 heavy (non-hydrogen) atoms. The van der Waals surface area contributed by atoms with E-state index >= 15 is 0 Å². The number of unbranched alkanes of at least 4 members (excludes halogenated alkanes) is 5. The van der Waals surface area contributed by atoms with E-state index in [-0.39, 0.29) is 0 Å². The quantitative estimate of drug-likeness (QED) is 0.677. The zero-order valence-corrected chi connectivity index (χ0v) is 10.6. The molecule has 0 bridgehead atoms. The summed E-state index contributed by atoms with van der Waals surface area (Å²) in [5.74, 6) is 0. The van der Waals surface area contributed by atoms with Gasteiger partial charge in [0.15, 0.2) is 0 Å². The molecule has 0 unspecified atom stereocenters. The molecule has 3 nitrogen and oxygen atoms in total. The van der Waals surface area contributed by atoms with Crippen molar-refractivity contribution in [2.75, 3.05) is 19.7 Å². The van der Waals surface area contributed by atoms with Gasteiger partial charge >= 0.3 is 0 Å². The first kappa shape index (κ1) is 13.3. The molecule has 0 saturated carbocycles. The van der Waals surface area contributed by atoms with Crippen LogP contribution in [0.1, 0.15) is 58.3 Å². The minimum Gasteiger partial charge on any atom is -0.465 e. The molecular formula is C13H26N2O. The van der Waals surface area contributed by atoms with Crippen LogP contribution in [0, 0.1) is 0 Å². The number of hydrogen-bond donors (Lipinski definition) is 1. The van der Waals surface area contributed by atoms with Gasteiger partial charge in [-0.3, -0.25) is 0 Å². The lowest BCUT2D eigenvalue weighted by Gasteiger charge is -2.08. The number of ether oxygens (including phenoxy) is 1. The Kier molecular flexibility index (Phi) is 7.91. The van der Waals surface area contributed by atoms with Crippen molar-refractivity contribution in [3.8, 4) is 0 Å². The van der Waals surface area contributed by atoms with Crippen molar-refractivity contribution >= 4 is 6.02 Å². The molecule has 1 aliphatic heterocycles. The van der Waals surface area contributed by atoms with Gasteiger partial charge in [-0.2, -0.15) is 0 Å². The van der Waals surface area contributed by atoms with Crippen molar-refractivity contribution in [2.24, 2.45) is 4.99 Å². The monoisotopic (exact) mass is 226 g/mol. The summed E-state index contributed by atoms with van der Waals surface area (Å²) in [6.45, 7) is 4.99. The van der Waals surface area contributed by atoms with Crippen molar-refractivity contribution in [1.29, 1.82) is 0 Å². The molecule has 0 aromatic carbocycles. The fraction of sp³-hybridized carbons (Fsp3) is 0.923. The van der Waals surface area contributed by atoms with Crippen LogP contribution >= 0.6 is 0 Å². The van der Waals surface area contributed by atoms with Crippen LogP contribution in [0.4, 0.5) is 0 Å². The van der Waals surface area contributed by atoms with E-state index in [4.69, 9.17) is 4.74 Å². The molecule has 0 spiro atoms. The highest BCUT2D eigenvalue weighted by atomic mass is 16.5. The van der Waals surface area contributed by atoms with Crippen molar-refractivity contribution in [2.45, 2.75) is 58.3 Å². The van der Waals surface area contributed by atoms with Crippen molar-refractivity contribution in [3.63, 3.8) is 0 Å². The van der Waals surface area contributed by atoms with E-state index in [1.54, 1.807) is 0 Å². The average Bonchev–Trinajstić information content (AvgIpc) is 2.56. The molecule has 0 aromatic rings. The predicted molar refractivity (Wildman–Crippen MR) is 68.9 cm³/mol. The lowest BCUT2D eigenvalue weighted by Crippen LogP contribution is -2.26. The number of nitrogens with zero attached hydrogens (tertiary/aromatic N) is 1. The van der Waals surface area contributed by atoms with Gasteiger partial charge in [-0.1, -0.05) is 39.0 Å². The van der Waals surface area contributed by atoms with Crippen LogP contribution in [0.25, 0.3) is 0 Å². The van der Waals surface area contributed by atoms with Crippen LogP contribution in [0.2, 0.25) is 0 Å². The molecule has 3 heteroatoms. The van der Waals surface area contributed by atoms with E-state index in [9.17, 15) is 0 Å². The Morgan fingerprint density at radius 1 is 1.12 bits per heavy atom. The molecule has 0 fully saturated rings. The number of hydrogen-bond acceptors (Lipinski definition) is 3. The van der Waals surface area contributed by atoms with Gasteiger partial charge in [0.05, 0.1) is 6.61 Å². The summed E-state index contributed by atoms with van der Waals surface area (Å²) in [7, 11) is 0. The van der Waals surface area contributed by atoms with Crippen LogP contribution in [0.15, 0.2) is 4.99 Å². The molecule has 94 valence electrons. The smallest absolute Gasteiger partial charge is 0.284 e. The van der Waals surface area contributed by atoms with Crippen LogP contribution < -0.4 is 5.32 Å². The largest absolute Gasteiger partial charge is 0.465 e. The summed E-state index contributed by atoms with van der Waals surface area (Å²) in [6, 6.07) is 0.769. The Balaban J connectivity index is 1.91. The van der Waals surface area contributed by atoms with E-state index in [0.29, 0.717) is 0 Å².